The van der Waals surface area contributed by atoms with Gasteiger partial charge in [-0.05, 0) is 48.4 Å². The Morgan fingerprint density at radius 2 is 2.20 bits per heavy atom. The van der Waals surface area contributed by atoms with Crippen molar-refractivity contribution in [3.8, 4) is 0 Å². The molecule has 1 aliphatic rings. The van der Waals surface area contributed by atoms with Crippen LogP contribution in [-0.4, -0.2) is 28.2 Å². The predicted molar refractivity (Wildman–Crippen MR) is 78.9 cm³/mol. The topological polar surface area (TPSA) is 54.3 Å². The highest BCUT2D eigenvalue weighted by Gasteiger charge is 2.34. The van der Waals surface area contributed by atoms with Gasteiger partial charge in [0.15, 0.2) is 0 Å². The maximum atomic E-state index is 11.5. The van der Waals surface area contributed by atoms with Crippen molar-refractivity contribution in [1.82, 2.24) is 9.88 Å². The number of hydrogen-bond donors (Lipinski definition) is 2. The van der Waals surface area contributed by atoms with Crippen molar-refractivity contribution in [3.05, 3.63) is 36.0 Å². The van der Waals surface area contributed by atoms with Gasteiger partial charge in [-0.1, -0.05) is 6.07 Å². The number of carboxylic acid groups (broad SMARTS) is 1. The van der Waals surface area contributed by atoms with E-state index in [0.29, 0.717) is 12.6 Å². The largest absolute Gasteiger partial charge is 0.481 e. The number of carbonyl (C=O) groups is 1. The molecule has 2 N–H and O–H groups in total. The van der Waals surface area contributed by atoms with Crippen LogP contribution in [0.1, 0.15) is 24.8 Å². The minimum atomic E-state index is -0.706. The third-order valence-electron chi connectivity index (χ3n) is 4.43. The zero-order valence-corrected chi connectivity index (χ0v) is 11.8. The first-order valence-electron chi connectivity index (χ1n) is 7.07. The summed E-state index contributed by atoms with van der Waals surface area (Å²) in [6.07, 6.45) is 2.91. The zero-order valence-electron chi connectivity index (χ0n) is 11.8. The molecule has 0 spiro atoms. The highest BCUT2D eigenvalue weighted by atomic mass is 16.4. The highest BCUT2D eigenvalue weighted by Crippen LogP contribution is 2.34. The summed E-state index contributed by atoms with van der Waals surface area (Å²) in [5.74, 6) is -0.955. The summed E-state index contributed by atoms with van der Waals surface area (Å²) in [6, 6.07) is 8.77. The minimum absolute atomic E-state index is 0.0911. The van der Waals surface area contributed by atoms with Crippen molar-refractivity contribution in [2.24, 2.45) is 13.0 Å². The van der Waals surface area contributed by atoms with E-state index in [1.54, 1.807) is 0 Å². The zero-order chi connectivity index (χ0) is 14.3. The van der Waals surface area contributed by atoms with Gasteiger partial charge in [-0.3, -0.25) is 4.79 Å². The fourth-order valence-electron chi connectivity index (χ4n) is 3.26. The van der Waals surface area contributed by atoms with E-state index in [-0.39, 0.29) is 11.8 Å². The molecule has 0 aliphatic carbocycles. The Labute approximate surface area is 118 Å². The van der Waals surface area contributed by atoms with E-state index in [9.17, 15) is 9.90 Å². The van der Waals surface area contributed by atoms with Crippen molar-refractivity contribution < 1.29 is 9.90 Å². The maximum Gasteiger partial charge on any atom is 0.308 e. The van der Waals surface area contributed by atoms with E-state index in [1.165, 1.54) is 10.9 Å². The molecular formula is C16H20N2O2. The molecule has 3 rings (SSSR count). The number of aryl methyl sites for hydroxylation is 1. The molecule has 3 unspecified atom stereocenters. The fourth-order valence-corrected chi connectivity index (χ4v) is 3.26. The van der Waals surface area contributed by atoms with E-state index >= 15 is 0 Å². The molecule has 4 nitrogen and oxygen atoms in total. The molecule has 1 saturated heterocycles. The van der Waals surface area contributed by atoms with Crippen molar-refractivity contribution in [1.29, 1.82) is 0 Å². The molecule has 3 atom stereocenters. The summed E-state index contributed by atoms with van der Waals surface area (Å²) in [5.41, 5.74) is 2.33. The molecule has 1 aromatic heterocycles. The van der Waals surface area contributed by atoms with E-state index in [4.69, 9.17) is 0 Å². The third-order valence-corrected chi connectivity index (χ3v) is 4.43. The van der Waals surface area contributed by atoms with Crippen LogP contribution in [0, 0.1) is 5.92 Å². The van der Waals surface area contributed by atoms with Crippen LogP contribution in [0.3, 0.4) is 0 Å². The average Bonchev–Trinajstić information content (AvgIpc) is 2.79. The van der Waals surface area contributed by atoms with Crippen LogP contribution in [0.4, 0.5) is 0 Å². The Bertz CT molecular complexity index is 647. The molecule has 1 aliphatic heterocycles. The normalized spacial score (nSPS) is 26.8. The van der Waals surface area contributed by atoms with E-state index in [1.807, 2.05) is 13.2 Å². The summed E-state index contributed by atoms with van der Waals surface area (Å²) in [5, 5.41) is 13.9. The number of fused-ring (bicyclic) bond motifs is 1. The second kappa shape index (κ2) is 4.94. The number of rotatable bonds is 2. The van der Waals surface area contributed by atoms with Crippen LogP contribution in [0.2, 0.25) is 0 Å². The van der Waals surface area contributed by atoms with Crippen molar-refractivity contribution in [2.45, 2.75) is 25.3 Å². The van der Waals surface area contributed by atoms with E-state index in [2.05, 4.69) is 41.1 Å². The monoisotopic (exact) mass is 272 g/mol. The first-order valence-corrected chi connectivity index (χ1v) is 7.07. The molecule has 20 heavy (non-hydrogen) atoms. The van der Waals surface area contributed by atoms with Gasteiger partial charge in [-0.2, -0.15) is 0 Å². The van der Waals surface area contributed by atoms with Gasteiger partial charge in [-0.25, -0.2) is 0 Å². The van der Waals surface area contributed by atoms with Crippen LogP contribution in [0.5, 0.6) is 0 Å². The van der Waals surface area contributed by atoms with Crippen LogP contribution in [0.15, 0.2) is 30.5 Å². The second-order valence-corrected chi connectivity index (χ2v) is 5.84. The molecule has 4 heteroatoms. The van der Waals surface area contributed by atoms with Crippen molar-refractivity contribution >= 4 is 16.9 Å². The van der Waals surface area contributed by atoms with Gasteiger partial charge in [0.05, 0.1) is 5.92 Å². The molecule has 2 heterocycles. The van der Waals surface area contributed by atoms with Gasteiger partial charge in [0.25, 0.3) is 0 Å². The molecule has 0 bridgehead atoms. The molecule has 1 aromatic carbocycles. The number of carboxylic acids is 1. The number of hydrogen-bond acceptors (Lipinski definition) is 2. The number of piperidine rings is 1. The van der Waals surface area contributed by atoms with E-state index in [0.717, 1.165) is 12.0 Å². The number of nitrogens with zero attached hydrogens (tertiary/aromatic N) is 1. The molecular weight excluding hydrogens is 252 g/mol. The summed E-state index contributed by atoms with van der Waals surface area (Å²) in [4.78, 5) is 11.5. The standard InChI is InChI=1S/C16H20N2O2/c1-10-7-13(14(9-17-10)16(19)20)11-3-4-15-12(8-11)5-6-18(15)2/h3-6,8,10,13-14,17H,7,9H2,1-2H3,(H,19,20). The average molecular weight is 272 g/mol. The number of nitrogens with one attached hydrogen (secondary N) is 1. The summed E-state index contributed by atoms with van der Waals surface area (Å²) in [6.45, 7) is 2.67. The number of aromatic nitrogens is 1. The van der Waals surface area contributed by atoms with Gasteiger partial charge in [-0.15, -0.1) is 0 Å². The summed E-state index contributed by atoms with van der Waals surface area (Å²) in [7, 11) is 2.02. The number of benzene rings is 1. The third kappa shape index (κ3) is 2.20. The summed E-state index contributed by atoms with van der Waals surface area (Å²) >= 11 is 0. The van der Waals surface area contributed by atoms with Crippen molar-refractivity contribution in [2.75, 3.05) is 6.54 Å². The lowest BCUT2D eigenvalue weighted by molar-refractivity contribution is -0.143. The lowest BCUT2D eigenvalue weighted by atomic mass is 9.78. The minimum Gasteiger partial charge on any atom is -0.481 e. The molecule has 0 radical (unpaired) electrons. The second-order valence-electron chi connectivity index (χ2n) is 5.84. The van der Waals surface area contributed by atoms with Gasteiger partial charge in [0, 0.05) is 31.3 Å². The lowest BCUT2D eigenvalue weighted by Gasteiger charge is -2.33. The van der Waals surface area contributed by atoms with Crippen LogP contribution >= 0.6 is 0 Å². The van der Waals surface area contributed by atoms with Crippen LogP contribution in [0.25, 0.3) is 10.9 Å². The van der Waals surface area contributed by atoms with Crippen LogP contribution < -0.4 is 5.32 Å². The molecule has 1 fully saturated rings. The first kappa shape index (κ1) is 13.2. The Balaban J connectivity index is 2.00. The molecule has 106 valence electrons. The Hall–Kier alpha value is -1.81. The fraction of sp³-hybridized carbons (Fsp3) is 0.438. The van der Waals surface area contributed by atoms with Gasteiger partial charge in [0.1, 0.15) is 0 Å². The predicted octanol–water partition coefficient (Wildman–Crippen LogP) is 2.34. The molecule has 0 saturated carbocycles. The Morgan fingerprint density at radius 3 is 2.95 bits per heavy atom. The van der Waals surface area contributed by atoms with Gasteiger partial charge in [0.2, 0.25) is 0 Å². The Kier molecular flexibility index (Phi) is 3.26. The first-order chi connectivity index (χ1) is 9.56. The van der Waals surface area contributed by atoms with E-state index < -0.39 is 5.97 Å². The summed E-state index contributed by atoms with van der Waals surface area (Å²) < 4.78 is 2.08. The van der Waals surface area contributed by atoms with Gasteiger partial charge < -0.3 is 15.0 Å². The lowest BCUT2D eigenvalue weighted by Crippen LogP contribution is -2.44. The Morgan fingerprint density at radius 1 is 1.40 bits per heavy atom. The smallest absolute Gasteiger partial charge is 0.308 e. The van der Waals surface area contributed by atoms with Crippen molar-refractivity contribution in [3.63, 3.8) is 0 Å². The number of aliphatic carboxylic acids is 1. The SMILES string of the molecule is CC1CC(c2ccc3c(ccn3C)c2)C(C(=O)O)CN1. The highest BCUT2D eigenvalue weighted by molar-refractivity contribution is 5.81. The molecule has 2 aromatic rings. The quantitative estimate of drug-likeness (QED) is 0.882. The van der Waals surface area contributed by atoms with Crippen LogP contribution in [-0.2, 0) is 11.8 Å². The maximum absolute atomic E-state index is 11.5. The van der Waals surface area contributed by atoms with Gasteiger partial charge >= 0.3 is 5.97 Å². The molecule has 0 amide bonds.